The molecule has 2 bridgehead atoms. The molecule has 3 rings (SSSR count). The first-order valence-electron chi connectivity index (χ1n) is 6.93. The zero-order valence-corrected chi connectivity index (χ0v) is 11.5. The minimum absolute atomic E-state index is 0.190. The molecule has 0 spiro atoms. The van der Waals surface area contributed by atoms with Gasteiger partial charge >= 0.3 is 0 Å². The third kappa shape index (κ3) is 1.56. The van der Waals surface area contributed by atoms with E-state index in [0.717, 1.165) is 12.8 Å². The van der Waals surface area contributed by atoms with Crippen molar-refractivity contribution in [3.8, 4) is 0 Å². The van der Waals surface area contributed by atoms with Crippen LogP contribution < -0.4 is 0 Å². The fraction of sp³-hybridized carbons (Fsp3) is 0.867. The molecule has 2 aliphatic heterocycles. The van der Waals surface area contributed by atoms with Gasteiger partial charge in [-0.05, 0) is 30.3 Å². The lowest BCUT2D eigenvalue weighted by atomic mass is 9.58. The van der Waals surface area contributed by atoms with Crippen LogP contribution in [0.2, 0.25) is 0 Å². The van der Waals surface area contributed by atoms with Crippen LogP contribution in [0.1, 0.15) is 59.8 Å². The highest BCUT2D eigenvalue weighted by molar-refractivity contribution is 5.26. The lowest BCUT2D eigenvalue weighted by molar-refractivity contribution is -0.190. The van der Waals surface area contributed by atoms with Gasteiger partial charge in [-0.15, -0.1) is 0 Å². The summed E-state index contributed by atoms with van der Waals surface area (Å²) in [7, 11) is 0. The van der Waals surface area contributed by atoms with Crippen molar-refractivity contribution in [2.75, 3.05) is 0 Å². The van der Waals surface area contributed by atoms with Crippen molar-refractivity contribution < 1.29 is 9.47 Å². The summed E-state index contributed by atoms with van der Waals surface area (Å²) in [6.07, 6.45) is 8.36. The fourth-order valence-corrected chi connectivity index (χ4v) is 4.10. The first kappa shape index (κ1) is 11.6. The van der Waals surface area contributed by atoms with Gasteiger partial charge in [0.1, 0.15) is 0 Å². The van der Waals surface area contributed by atoms with Gasteiger partial charge in [0.2, 0.25) is 5.79 Å². The van der Waals surface area contributed by atoms with E-state index >= 15 is 0 Å². The molecule has 96 valence electrons. The van der Waals surface area contributed by atoms with Crippen LogP contribution in [-0.2, 0) is 9.47 Å². The predicted octanol–water partition coefficient (Wildman–Crippen LogP) is 4.01. The molecule has 0 aromatic carbocycles. The van der Waals surface area contributed by atoms with Crippen LogP contribution in [-0.4, -0.2) is 11.9 Å². The zero-order chi connectivity index (χ0) is 12.3. The van der Waals surface area contributed by atoms with Gasteiger partial charge in [0.05, 0.1) is 12.4 Å². The van der Waals surface area contributed by atoms with Gasteiger partial charge in [-0.3, -0.25) is 0 Å². The molecule has 17 heavy (non-hydrogen) atoms. The summed E-state index contributed by atoms with van der Waals surface area (Å²) in [6, 6.07) is 0. The molecule has 2 heteroatoms. The monoisotopic (exact) mass is 236 g/mol. The average Bonchev–Trinajstić information content (AvgIpc) is 2.54. The van der Waals surface area contributed by atoms with Crippen molar-refractivity contribution in [3.05, 3.63) is 11.8 Å². The molecule has 1 saturated heterocycles. The van der Waals surface area contributed by atoms with Crippen LogP contribution >= 0.6 is 0 Å². The molecule has 0 unspecified atom stereocenters. The second-order valence-electron chi connectivity index (χ2n) is 7.08. The van der Waals surface area contributed by atoms with Gasteiger partial charge in [-0.25, -0.2) is 0 Å². The number of hydrogen-bond acceptors (Lipinski definition) is 2. The zero-order valence-electron chi connectivity index (χ0n) is 11.5. The minimum atomic E-state index is -0.367. The summed E-state index contributed by atoms with van der Waals surface area (Å²) in [4.78, 5) is 0. The molecule has 3 aliphatic rings. The Morgan fingerprint density at radius 2 is 1.88 bits per heavy atom. The predicted molar refractivity (Wildman–Crippen MR) is 67.4 cm³/mol. The van der Waals surface area contributed by atoms with Crippen LogP contribution in [0.15, 0.2) is 11.8 Å². The van der Waals surface area contributed by atoms with Crippen LogP contribution in [0, 0.1) is 10.8 Å². The minimum Gasteiger partial charge on any atom is -0.470 e. The summed E-state index contributed by atoms with van der Waals surface area (Å²) >= 11 is 0. The van der Waals surface area contributed by atoms with Gasteiger partial charge in [0, 0.05) is 18.8 Å². The van der Waals surface area contributed by atoms with Gasteiger partial charge < -0.3 is 9.47 Å². The van der Waals surface area contributed by atoms with Crippen molar-refractivity contribution in [1.29, 1.82) is 0 Å². The first-order chi connectivity index (χ1) is 7.86. The van der Waals surface area contributed by atoms with E-state index in [9.17, 15) is 0 Å². The maximum atomic E-state index is 6.20. The van der Waals surface area contributed by atoms with E-state index in [1.54, 1.807) is 0 Å². The Morgan fingerprint density at radius 1 is 1.12 bits per heavy atom. The number of rotatable bonds is 0. The third-order valence-electron chi connectivity index (χ3n) is 5.23. The van der Waals surface area contributed by atoms with Crippen LogP contribution in [0.3, 0.4) is 0 Å². The van der Waals surface area contributed by atoms with E-state index in [-0.39, 0.29) is 16.6 Å². The van der Waals surface area contributed by atoms with Gasteiger partial charge in [0.15, 0.2) is 0 Å². The maximum absolute atomic E-state index is 6.20. The van der Waals surface area contributed by atoms with Gasteiger partial charge in [-0.1, -0.05) is 27.2 Å². The Morgan fingerprint density at radius 3 is 2.65 bits per heavy atom. The lowest BCUT2D eigenvalue weighted by Crippen LogP contribution is -2.42. The maximum Gasteiger partial charge on any atom is 0.207 e. The van der Waals surface area contributed by atoms with Gasteiger partial charge in [-0.2, -0.15) is 0 Å². The van der Waals surface area contributed by atoms with E-state index in [2.05, 4.69) is 27.7 Å². The molecule has 1 saturated carbocycles. The normalized spacial score (nSPS) is 47.8. The highest BCUT2D eigenvalue weighted by atomic mass is 16.7. The largest absolute Gasteiger partial charge is 0.470 e. The Bertz CT molecular complexity index is 371. The third-order valence-corrected chi connectivity index (χ3v) is 5.23. The average molecular weight is 236 g/mol. The number of hydrogen-bond donors (Lipinski definition) is 0. The highest BCUT2D eigenvalue weighted by Gasteiger charge is 2.54. The van der Waals surface area contributed by atoms with Crippen molar-refractivity contribution in [2.45, 2.75) is 71.7 Å². The van der Waals surface area contributed by atoms with Crippen molar-refractivity contribution >= 4 is 0 Å². The molecule has 0 radical (unpaired) electrons. The molecular formula is C15H24O2. The molecule has 0 N–H and O–H groups in total. The van der Waals surface area contributed by atoms with Crippen LogP contribution in [0.5, 0.6) is 0 Å². The molecule has 0 amide bonds. The summed E-state index contributed by atoms with van der Waals surface area (Å²) in [5.74, 6) is -0.367. The van der Waals surface area contributed by atoms with E-state index in [0.29, 0.717) is 6.10 Å². The first-order valence-corrected chi connectivity index (χ1v) is 6.93. The Balaban J connectivity index is 2.06. The Hall–Kier alpha value is -0.500. The molecule has 2 nitrogen and oxygen atoms in total. The quantitative estimate of drug-likeness (QED) is 0.632. The molecule has 0 aromatic rings. The molecule has 2 heterocycles. The van der Waals surface area contributed by atoms with E-state index in [4.69, 9.17) is 9.47 Å². The number of ether oxygens (including phenoxy) is 2. The van der Waals surface area contributed by atoms with Crippen molar-refractivity contribution in [2.24, 2.45) is 10.8 Å². The van der Waals surface area contributed by atoms with Gasteiger partial charge in [0.25, 0.3) is 0 Å². The van der Waals surface area contributed by atoms with Crippen LogP contribution in [0.4, 0.5) is 0 Å². The van der Waals surface area contributed by atoms with E-state index in [1.807, 2.05) is 6.26 Å². The summed E-state index contributed by atoms with van der Waals surface area (Å²) in [5.41, 5.74) is 1.93. The molecular weight excluding hydrogens is 212 g/mol. The number of fused-ring (bicyclic) bond motifs is 4. The summed E-state index contributed by atoms with van der Waals surface area (Å²) < 4.78 is 12.2. The topological polar surface area (TPSA) is 18.5 Å². The second kappa shape index (κ2) is 3.28. The molecule has 0 aromatic heterocycles. The summed E-state index contributed by atoms with van der Waals surface area (Å²) in [5, 5.41) is 0. The van der Waals surface area contributed by atoms with Crippen molar-refractivity contribution in [3.63, 3.8) is 0 Å². The molecule has 2 fully saturated rings. The second-order valence-corrected chi connectivity index (χ2v) is 7.08. The molecule has 3 atom stereocenters. The Labute approximate surface area is 104 Å². The standard InChI is InChI=1S/C15H24O2/c1-13(2)7-5-8-14(3)11(13)10-16-15(4)9-6-12(14)17-15/h10,12H,5-9H2,1-4H3/t12-,14-,15+/m1/s1. The van der Waals surface area contributed by atoms with E-state index < -0.39 is 0 Å². The highest BCUT2D eigenvalue weighted by Crippen LogP contribution is 2.58. The van der Waals surface area contributed by atoms with E-state index in [1.165, 1.54) is 24.8 Å². The SMILES string of the molecule is CC1(C)CCC[C@]2(C)C1=CO[C@]1(C)CC[C@H]2O1. The van der Waals surface area contributed by atoms with Crippen molar-refractivity contribution in [1.82, 2.24) is 0 Å². The summed E-state index contributed by atoms with van der Waals surface area (Å²) in [6.45, 7) is 9.16. The Kier molecular flexibility index (Phi) is 2.24. The molecule has 1 aliphatic carbocycles. The van der Waals surface area contributed by atoms with Crippen LogP contribution in [0.25, 0.3) is 0 Å². The fourth-order valence-electron chi connectivity index (χ4n) is 4.10. The smallest absolute Gasteiger partial charge is 0.207 e. The lowest BCUT2D eigenvalue weighted by Gasteiger charge is -2.47.